The van der Waals surface area contributed by atoms with Gasteiger partial charge in [0.2, 0.25) is 23.6 Å². The monoisotopic (exact) mass is 1120 g/mol. The van der Waals surface area contributed by atoms with Crippen LogP contribution in [0.5, 0.6) is 0 Å². The molecule has 6 N–H and O–H groups in total. The van der Waals surface area contributed by atoms with Crippen LogP contribution in [0.4, 0.5) is 31.5 Å². The van der Waals surface area contributed by atoms with Gasteiger partial charge in [0.05, 0.1) is 36.9 Å². The minimum Gasteiger partial charge on any atom is -0.381 e. The van der Waals surface area contributed by atoms with Gasteiger partial charge in [-0.05, 0) is 148 Å². The van der Waals surface area contributed by atoms with Crippen LogP contribution in [0, 0.1) is 17.6 Å². The van der Waals surface area contributed by atoms with Crippen LogP contribution in [0.3, 0.4) is 0 Å². The van der Waals surface area contributed by atoms with Crippen molar-refractivity contribution in [2.75, 3.05) is 100 Å². The molecule has 0 saturated carbocycles. The summed E-state index contributed by atoms with van der Waals surface area (Å²) in [6, 6.07) is 29.3. The largest absolute Gasteiger partial charge is 0.381 e. The van der Waals surface area contributed by atoms with E-state index < -0.39 is 35.1 Å². The van der Waals surface area contributed by atoms with Gasteiger partial charge < -0.3 is 46.3 Å². The Hall–Kier alpha value is -6.97. The van der Waals surface area contributed by atoms with Crippen molar-refractivity contribution in [3.63, 3.8) is 0 Å². The lowest BCUT2D eigenvalue weighted by atomic mass is 9.83. The maximum absolute atomic E-state index is 15.7. The molecule has 2 unspecified atom stereocenters. The van der Waals surface area contributed by atoms with E-state index in [-0.39, 0.29) is 78.0 Å². The Morgan fingerprint density at radius 1 is 0.805 bits per heavy atom. The van der Waals surface area contributed by atoms with E-state index in [4.69, 9.17) is 9.47 Å². The van der Waals surface area contributed by atoms with Gasteiger partial charge in [0.15, 0.2) is 0 Å². The van der Waals surface area contributed by atoms with E-state index in [1.54, 1.807) is 55.3 Å². The molecule has 17 nitrogen and oxygen atoms in total. The highest BCUT2D eigenvalue weighted by Gasteiger charge is 2.48. The standard InChI is InChI=1S/C63H76F2N10O7/c1-39-32-73(50(31-67-39)34-72-24-27-82-37-40(72)2)36-57(76)75-38-63(4,52-20-12-43(29-56(52)75)28-42-10-14-47(64)15-11-42)62(80)69-49-18-16-48(17-19-49)68-60(78)45-13-21-53(65)54(30-45)70-61(79)58-51-9-7-6-8-46(51)33-74(58)35-55(44-22-25-81-26-23-44)71-59(77)41(3)66-5/h6-21,29-30,39-41,44,50,55,58,66-67H,22-28,31-38H2,1-5H3,(H,68,78)(H,69,80)(H,70,79)(H,71,77)/t39-,40-,41+,50-,55?,58+,63?/m1/s1. The normalized spacial score (nSPS) is 23.1. The van der Waals surface area contributed by atoms with Crippen LogP contribution >= 0.6 is 0 Å². The minimum absolute atomic E-state index is 0.0895. The average Bonchev–Trinajstić information content (AvgIpc) is 2.40. The maximum atomic E-state index is 15.7. The summed E-state index contributed by atoms with van der Waals surface area (Å²) < 4.78 is 40.9. The molecule has 5 heterocycles. The lowest BCUT2D eigenvalue weighted by molar-refractivity contribution is -0.125. The molecule has 10 rings (SSSR count). The average molecular weight is 1120 g/mol. The molecule has 5 aliphatic rings. The zero-order valence-corrected chi connectivity index (χ0v) is 47.4. The van der Waals surface area contributed by atoms with Crippen LogP contribution in [0.15, 0.2) is 109 Å². The smallest absolute Gasteiger partial charge is 0.255 e. The van der Waals surface area contributed by atoms with Crippen molar-refractivity contribution in [2.45, 2.75) is 95.2 Å². The van der Waals surface area contributed by atoms with Gasteiger partial charge in [-0.1, -0.05) is 48.5 Å². The van der Waals surface area contributed by atoms with Gasteiger partial charge in [-0.25, -0.2) is 8.78 Å². The highest BCUT2D eigenvalue weighted by atomic mass is 19.1. The van der Waals surface area contributed by atoms with E-state index in [1.807, 2.05) is 54.3 Å². The summed E-state index contributed by atoms with van der Waals surface area (Å²) in [5.41, 5.74) is 4.56. The van der Waals surface area contributed by atoms with Crippen LogP contribution in [-0.2, 0) is 47.0 Å². The number of hydrogen-bond donors (Lipinski definition) is 6. The number of rotatable bonds is 18. The number of likely N-dealkylation sites (N-methyl/N-ethyl adjacent to an activating group) is 1. The molecule has 5 amide bonds. The van der Waals surface area contributed by atoms with Crippen molar-refractivity contribution in [3.05, 3.63) is 154 Å². The van der Waals surface area contributed by atoms with Crippen molar-refractivity contribution in [1.82, 2.24) is 30.7 Å². The van der Waals surface area contributed by atoms with E-state index in [1.165, 1.54) is 24.3 Å². The van der Waals surface area contributed by atoms with Gasteiger partial charge in [0, 0.05) is 106 Å². The predicted molar refractivity (Wildman–Crippen MR) is 312 cm³/mol. The quantitative estimate of drug-likeness (QED) is 0.0564. The number of carbonyl (C=O) groups excluding carboxylic acids is 5. The molecule has 0 bridgehead atoms. The predicted octanol–water partition coefficient (Wildman–Crippen LogP) is 6.45. The molecule has 7 atom stereocenters. The van der Waals surface area contributed by atoms with Gasteiger partial charge in [0.1, 0.15) is 17.7 Å². The summed E-state index contributed by atoms with van der Waals surface area (Å²) in [6.07, 6.45) is 2.02. The van der Waals surface area contributed by atoms with Crippen molar-refractivity contribution >= 4 is 52.3 Å². The topological polar surface area (TPSA) is 189 Å². The first-order valence-corrected chi connectivity index (χ1v) is 28.7. The first-order chi connectivity index (χ1) is 39.5. The number of fused-ring (bicyclic) bond motifs is 2. The van der Waals surface area contributed by atoms with Crippen LogP contribution in [0.1, 0.15) is 84.8 Å². The number of benzene rings is 5. The second kappa shape index (κ2) is 25.7. The molecule has 5 aromatic carbocycles. The van der Waals surface area contributed by atoms with Gasteiger partial charge in [-0.2, -0.15) is 0 Å². The first-order valence-electron chi connectivity index (χ1n) is 28.7. The van der Waals surface area contributed by atoms with Crippen LogP contribution in [0.25, 0.3) is 0 Å². The number of piperazine rings is 1. The number of carbonyl (C=O) groups is 5. The highest BCUT2D eigenvalue weighted by molar-refractivity contribution is 6.08. The third-order valence-electron chi connectivity index (χ3n) is 17.2. The second-order valence-corrected chi connectivity index (χ2v) is 23.1. The molecule has 19 heteroatoms. The van der Waals surface area contributed by atoms with Gasteiger partial charge >= 0.3 is 0 Å². The van der Waals surface area contributed by atoms with E-state index >= 15 is 4.39 Å². The van der Waals surface area contributed by atoms with E-state index in [0.29, 0.717) is 75.1 Å². The molecular formula is C63H76F2N10O7. The Kier molecular flexibility index (Phi) is 18.2. The summed E-state index contributed by atoms with van der Waals surface area (Å²) >= 11 is 0. The summed E-state index contributed by atoms with van der Waals surface area (Å²) in [6.45, 7) is 14.6. The van der Waals surface area contributed by atoms with Gasteiger partial charge in [-0.3, -0.25) is 38.7 Å². The van der Waals surface area contributed by atoms with E-state index in [0.717, 1.165) is 60.8 Å². The number of ether oxygens (including phenoxy) is 2. The molecule has 0 aliphatic carbocycles. The molecule has 434 valence electrons. The van der Waals surface area contributed by atoms with Gasteiger partial charge in [0.25, 0.3) is 5.91 Å². The molecule has 0 spiro atoms. The third-order valence-corrected chi connectivity index (χ3v) is 17.2. The molecule has 82 heavy (non-hydrogen) atoms. The van der Waals surface area contributed by atoms with Crippen LogP contribution < -0.4 is 36.8 Å². The lowest BCUT2D eigenvalue weighted by Gasteiger charge is -2.43. The minimum atomic E-state index is -1.16. The molecule has 5 aliphatic heterocycles. The number of amides is 5. The maximum Gasteiger partial charge on any atom is 0.255 e. The fourth-order valence-corrected chi connectivity index (χ4v) is 12.2. The van der Waals surface area contributed by atoms with Crippen LogP contribution in [0.2, 0.25) is 0 Å². The molecule has 3 fully saturated rings. The third kappa shape index (κ3) is 13.3. The summed E-state index contributed by atoms with van der Waals surface area (Å²) in [5.74, 6) is -2.52. The van der Waals surface area contributed by atoms with E-state index in [9.17, 15) is 28.4 Å². The lowest BCUT2D eigenvalue weighted by Crippen LogP contribution is -2.62. The number of morpholine rings is 1. The number of hydrogen-bond acceptors (Lipinski definition) is 12. The zero-order chi connectivity index (χ0) is 57.7. The first kappa shape index (κ1) is 58.2. The number of nitrogens with zero attached hydrogens (tertiary/aromatic N) is 4. The molecule has 3 saturated heterocycles. The molecule has 0 radical (unpaired) electrons. The van der Waals surface area contributed by atoms with Crippen molar-refractivity contribution in [2.24, 2.45) is 5.92 Å². The van der Waals surface area contributed by atoms with Crippen molar-refractivity contribution < 1.29 is 42.2 Å². The Balaban J connectivity index is 0.815. The Morgan fingerprint density at radius 2 is 1.54 bits per heavy atom. The Labute approximate surface area is 478 Å². The summed E-state index contributed by atoms with van der Waals surface area (Å²) in [5, 5.41) is 18.6. The Morgan fingerprint density at radius 3 is 2.28 bits per heavy atom. The van der Waals surface area contributed by atoms with Crippen LogP contribution in [-0.4, -0.2) is 154 Å². The van der Waals surface area contributed by atoms with Gasteiger partial charge in [-0.15, -0.1) is 0 Å². The Bertz CT molecular complexity index is 3130. The summed E-state index contributed by atoms with van der Waals surface area (Å²) in [4.78, 5) is 79.3. The number of halogens is 2. The highest BCUT2D eigenvalue weighted by Crippen LogP contribution is 2.43. The molecule has 0 aromatic heterocycles. The number of nitrogens with one attached hydrogen (secondary N) is 6. The summed E-state index contributed by atoms with van der Waals surface area (Å²) in [7, 11) is 1.73. The number of anilines is 4. The zero-order valence-electron chi connectivity index (χ0n) is 47.4. The van der Waals surface area contributed by atoms with Crippen molar-refractivity contribution in [3.8, 4) is 0 Å². The second-order valence-electron chi connectivity index (χ2n) is 23.1. The van der Waals surface area contributed by atoms with Crippen molar-refractivity contribution in [1.29, 1.82) is 0 Å². The molecular weight excluding hydrogens is 1050 g/mol. The SMILES string of the molecule is CN[C@@H](C)C(=O)NC(CN1Cc2ccccc2[C@H]1C(=O)Nc1cc(C(=O)Nc2ccc(NC(=O)C3(C)CN(C(=O)CN4C[C@@H](C)NC[C@@H]4CN4CCOC[C@H]4C)c4cc(Cc5ccc(F)cc5)ccc43)cc2)ccc1F)C1CCOCC1. The fraction of sp³-hybridized carbons (Fsp3) is 0.444. The molecule has 5 aromatic rings. The fourth-order valence-electron chi connectivity index (χ4n) is 12.2. The van der Waals surface area contributed by atoms with E-state index in [2.05, 4.69) is 55.5 Å².